The maximum absolute atomic E-state index is 15.0. The summed E-state index contributed by atoms with van der Waals surface area (Å²) in [7, 11) is 2.02. The van der Waals surface area contributed by atoms with Crippen LogP contribution in [0.5, 0.6) is 5.75 Å². The molecule has 1 N–H and O–H groups in total. The quantitative estimate of drug-likeness (QED) is 0.754. The summed E-state index contributed by atoms with van der Waals surface area (Å²) in [5.74, 6) is -1.54. The van der Waals surface area contributed by atoms with E-state index in [-0.39, 0.29) is 75.0 Å². The Kier molecular flexibility index (Phi) is 6.00. The molecule has 3 heterocycles. The van der Waals surface area contributed by atoms with E-state index in [2.05, 4.69) is 4.90 Å². The summed E-state index contributed by atoms with van der Waals surface area (Å²) < 4.78 is 22.6. The Balaban J connectivity index is 0.00000210. The van der Waals surface area contributed by atoms with E-state index in [0.29, 0.717) is 30.0 Å². The van der Waals surface area contributed by atoms with E-state index in [0.717, 1.165) is 19.2 Å². The molecule has 0 spiro atoms. The summed E-state index contributed by atoms with van der Waals surface area (Å²) in [4.78, 5) is 28.1. The molecule has 2 aliphatic heterocycles. The number of pyridine rings is 1. The number of ether oxygens (including phenoxy) is 1. The normalized spacial score (nSPS) is 19.5. The molecule has 7 nitrogen and oxygen atoms in total. The second-order valence-corrected chi connectivity index (χ2v) is 6.97. The van der Waals surface area contributed by atoms with Gasteiger partial charge in [-0.05, 0) is 20.0 Å². The van der Waals surface area contributed by atoms with Crippen molar-refractivity contribution in [3.63, 3.8) is 0 Å². The van der Waals surface area contributed by atoms with Gasteiger partial charge in [0.25, 0.3) is 0 Å². The van der Waals surface area contributed by atoms with E-state index in [1.54, 1.807) is 4.57 Å². The van der Waals surface area contributed by atoms with Gasteiger partial charge in [0, 0.05) is 32.4 Å². The Hall–Kier alpha value is -0.974. The predicted octanol–water partition coefficient (Wildman–Crippen LogP) is 0.895. The molecule has 0 radical (unpaired) electrons. The van der Waals surface area contributed by atoms with Crippen LogP contribution in [0.2, 0.25) is 0 Å². The summed E-state index contributed by atoms with van der Waals surface area (Å²) in [5, 5.41) is 9.36. The van der Waals surface area contributed by atoms with Gasteiger partial charge in [0.1, 0.15) is 17.9 Å². The van der Waals surface area contributed by atoms with E-state index in [9.17, 15) is 19.1 Å². The first-order valence-corrected chi connectivity index (χ1v) is 8.59. The van der Waals surface area contributed by atoms with E-state index < -0.39 is 17.2 Å². The van der Waals surface area contributed by atoms with Gasteiger partial charge in [-0.2, -0.15) is 0 Å². The van der Waals surface area contributed by atoms with E-state index in [1.165, 1.54) is 6.20 Å². The number of benzene rings is 1. The van der Waals surface area contributed by atoms with Crippen LogP contribution in [-0.4, -0.2) is 112 Å². The van der Waals surface area contributed by atoms with Crippen molar-refractivity contribution in [2.24, 2.45) is 0 Å². The summed E-state index contributed by atoms with van der Waals surface area (Å²) in [6.45, 7) is 5.08. The van der Waals surface area contributed by atoms with Crippen molar-refractivity contribution in [3.8, 4) is 5.75 Å². The number of likely N-dealkylation sites (N-methyl/N-ethyl adjacent to an activating group) is 1. The standard InChI is InChI=1S/C18H20FN3O4.K.H/c1-10-9-26-17-14-11(16(23)12(18(24)25)8-22(10)14)7-13(19)15(17)21-5-3-20(2)4-6-21;;/h7-8,10H,3-6,9H2,1-2H3,(H,24,25);;. The summed E-state index contributed by atoms with van der Waals surface area (Å²) in [5.41, 5.74) is -0.224. The Bertz CT molecular complexity index is 969. The van der Waals surface area contributed by atoms with Crippen LogP contribution < -0.4 is 15.1 Å². The number of nitrogens with zero attached hydrogens (tertiary/aromatic N) is 3. The van der Waals surface area contributed by atoms with Crippen LogP contribution in [0.15, 0.2) is 17.1 Å². The number of hydrogen-bond donors (Lipinski definition) is 1. The van der Waals surface area contributed by atoms with Crippen LogP contribution in [0.3, 0.4) is 0 Å². The third-order valence-corrected chi connectivity index (χ3v) is 5.19. The van der Waals surface area contributed by atoms with Crippen LogP contribution in [0, 0.1) is 5.82 Å². The number of carboxylic acid groups (broad SMARTS) is 1. The topological polar surface area (TPSA) is 75.0 Å². The Morgan fingerprint density at radius 1 is 1.30 bits per heavy atom. The first-order valence-electron chi connectivity index (χ1n) is 8.59. The van der Waals surface area contributed by atoms with Crippen LogP contribution >= 0.6 is 0 Å². The van der Waals surface area contributed by atoms with E-state index in [1.807, 2.05) is 18.9 Å². The maximum atomic E-state index is 15.0. The van der Waals surface area contributed by atoms with Crippen LogP contribution in [0.25, 0.3) is 10.9 Å². The summed E-state index contributed by atoms with van der Waals surface area (Å²) in [6.07, 6.45) is 1.34. The molecule has 27 heavy (non-hydrogen) atoms. The molecule has 0 aliphatic carbocycles. The molecule has 9 heteroatoms. The Morgan fingerprint density at radius 3 is 2.59 bits per heavy atom. The number of aromatic nitrogens is 1. The first-order chi connectivity index (χ1) is 12.4. The van der Waals surface area contributed by atoms with Crippen molar-refractivity contribution in [2.75, 3.05) is 44.7 Å². The fourth-order valence-corrected chi connectivity index (χ4v) is 3.69. The minimum absolute atomic E-state index is 0. The van der Waals surface area contributed by atoms with Crippen molar-refractivity contribution < 1.29 is 19.0 Å². The molecule has 0 bridgehead atoms. The number of carbonyl (C=O) groups is 1. The number of hydrogen-bond acceptors (Lipinski definition) is 5. The molecular weight excluding hydrogens is 380 g/mol. The van der Waals surface area contributed by atoms with Crippen molar-refractivity contribution in [1.82, 2.24) is 9.47 Å². The van der Waals surface area contributed by atoms with Gasteiger partial charge in [0.05, 0.1) is 16.9 Å². The van der Waals surface area contributed by atoms with Crippen molar-refractivity contribution in [1.29, 1.82) is 0 Å². The zero-order valence-corrected chi connectivity index (χ0v) is 14.7. The predicted molar refractivity (Wildman–Crippen MR) is 102 cm³/mol. The SMILES string of the molecule is CC1COc2c(N3CCN(C)CC3)c(F)cc3c(=O)c(C(=O)O)cn1c23.[KH]. The summed E-state index contributed by atoms with van der Waals surface area (Å²) >= 11 is 0. The molecule has 0 saturated carbocycles. The summed E-state index contributed by atoms with van der Waals surface area (Å²) in [6, 6.07) is 0.994. The molecule has 2 aliphatic rings. The fourth-order valence-electron chi connectivity index (χ4n) is 3.69. The third kappa shape index (κ3) is 3.45. The van der Waals surface area contributed by atoms with Crippen LogP contribution in [-0.2, 0) is 0 Å². The number of rotatable bonds is 2. The fraction of sp³-hybridized carbons (Fsp3) is 0.444. The average Bonchev–Trinajstić information content (AvgIpc) is 2.60. The second kappa shape index (κ2) is 7.80. The molecule has 1 atom stereocenters. The van der Waals surface area contributed by atoms with Gasteiger partial charge in [0.2, 0.25) is 5.43 Å². The number of anilines is 1. The molecular formula is C18H21FKN3O4. The van der Waals surface area contributed by atoms with Gasteiger partial charge in [-0.25, -0.2) is 9.18 Å². The monoisotopic (exact) mass is 401 g/mol. The molecule has 2 aromatic rings. The van der Waals surface area contributed by atoms with Gasteiger partial charge in [-0.3, -0.25) is 4.79 Å². The molecule has 0 amide bonds. The zero-order valence-electron chi connectivity index (χ0n) is 14.7. The minimum atomic E-state index is -1.32. The van der Waals surface area contributed by atoms with E-state index in [4.69, 9.17) is 4.74 Å². The molecule has 1 aromatic heterocycles. The Morgan fingerprint density at radius 2 is 1.96 bits per heavy atom. The molecule has 1 aromatic carbocycles. The van der Waals surface area contributed by atoms with Gasteiger partial charge >= 0.3 is 57.4 Å². The van der Waals surface area contributed by atoms with Gasteiger partial charge < -0.3 is 24.2 Å². The average molecular weight is 401 g/mol. The van der Waals surface area contributed by atoms with Gasteiger partial charge in [0.15, 0.2) is 11.6 Å². The third-order valence-electron chi connectivity index (χ3n) is 5.19. The number of halogens is 1. The van der Waals surface area contributed by atoms with Crippen molar-refractivity contribution in [3.05, 3.63) is 33.9 Å². The van der Waals surface area contributed by atoms with Crippen LogP contribution in [0.1, 0.15) is 23.3 Å². The van der Waals surface area contributed by atoms with E-state index >= 15 is 0 Å². The van der Waals surface area contributed by atoms with Gasteiger partial charge in [-0.15, -0.1) is 0 Å². The first kappa shape index (κ1) is 20.8. The second-order valence-electron chi connectivity index (χ2n) is 6.97. The molecule has 140 valence electrons. The molecule has 4 rings (SSSR count). The van der Waals surface area contributed by atoms with Crippen LogP contribution in [0.4, 0.5) is 10.1 Å². The zero-order chi connectivity index (χ0) is 18.6. The molecule has 1 unspecified atom stereocenters. The number of aromatic carboxylic acids is 1. The van der Waals surface area contributed by atoms with Gasteiger partial charge in [-0.1, -0.05) is 0 Å². The Labute approximate surface area is 198 Å². The molecule has 1 fully saturated rings. The molecule has 1 saturated heterocycles. The van der Waals surface area contributed by atoms with Crippen molar-refractivity contribution >= 4 is 73.9 Å². The number of carboxylic acids is 1. The van der Waals surface area contributed by atoms with Crippen molar-refractivity contribution in [2.45, 2.75) is 13.0 Å². The number of piperazine rings is 1.